The summed E-state index contributed by atoms with van der Waals surface area (Å²) in [7, 11) is 1.61. The summed E-state index contributed by atoms with van der Waals surface area (Å²) in [5, 5.41) is 6.67. The Kier molecular flexibility index (Phi) is 13.8. The Bertz CT molecular complexity index is 1470. The highest BCUT2D eigenvalue weighted by Gasteiger charge is 2.46. The Hall–Kier alpha value is -3.64. The molecule has 1 saturated heterocycles. The normalized spacial score (nSPS) is 22.9. The predicted molar refractivity (Wildman–Crippen MR) is 192 cm³/mol. The first-order valence-corrected chi connectivity index (χ1v) is 18.9. The second-order valence-corrected chi connectivity index (χ2v) is 15.4. The lowest BCUT2D eigenvalue weighted by Gasteiger charge is -2.36. The minimum Gasteiger partial charge on any atom is -0.460 e. The van der Waals surface area contributed by atoms with Gasteiger partial charge in [0.1, 0.15) is 17.2 Å². The summed E-state index contributed by atoms with van der Waals surface area (Å²) in [5.74, 6) is 0.138. The van der Waals surface area contributed by atoms with E-state index in [1.807, 2.05) is 25.7 Å². The Balaban J connectivity index is 1.19. The topological polar surface area (TPSA) is 146 Å². The van der Waals surface area contributed by atoms with Crippen molar-refractivity contribution in [3.8, 4) is 0 Å². The molecule has 3 aliphatic rings. The van der Waals surface area contributed by atoms with Gasteiger partial charge in [0.05, 0.1) is 19.8 Å². The molecule has 12 heteroatoms. The SMILES string of the molecule is COCCOCCCOC(=O)c1cc2cc(NC(=O)[C@@H]3[C@H](C4CCCCC4)CCN3C(=O)C3CCC(CNC(=O)OC(C)(C)C)CC3)ccc2o1. The second-order valence-electron chi connectivity index (χ2n) is 15.4. The first-order valence-electron chi connectivity index (χ1n) is 18.9. The molecule has 0 unspecified atom stereocenters. The van der Waals surface area contributed by atoms with Gasteiger partial charge < -0.3 is 38.9 Å². The first-order chi connectivity index (χ1) is 24.5. The standard InChI is InChI=1S/C39H57N3O9/c1-39(2,3)51-38(46)40-25-26-11-13-28(14-12-26)36(44)42-18-17-31(27-9-6-5-7-10-27)34(42)35(43)41-30-15-16-32-29(23-30)24-33(50-32)37(45)49-20-8-19-48-22-21-47-4/h15-16,23-24,26-28,31,34H,5-14,17-22,25H2,1-4H3,(H,40,46)(H,41,43)/t26?,28?,31-,34-/m0/s1. The molecule has 2 aromatic rings. The van der Waals surface area contributed by atoms with Crippen molar-refractivity contribution in [3.63, 3.8) is 0 Å². The van der Waals surface area contributed by atoms with Crippen LogP contribution >= 0.6 is 0 Å². The monoisotopic (exact) mass is 711 g/mol. The van der Waals surface area contributed by atoms with Crippen molar-refractivity contribution in [3.05, 3.63) is 30.0 Å². The minimum absolute atomic E-state index is 0.0713. The first kappa shape index (κ1) is 38.6. The number of nitrogens with one attached hydrogen (secondary N) is 2. The molecule has 5 rings (SSSR count). The van der Waals surface area contributed by atoms with Gasteiger partial charge in [-0.2, -0.15) is 0 Å². The number of furan rings is 1. The number of carbonyl (C=O) groups is 4. The maximum Gasteiger partial charge on any atom is 0.407 e. The Labute approximate surface area is 301 Å². The van der Waals surface area contributed by atoms with E-state index in [4.69, 9.17) is 23.4 Å². The van der Waals surface area contributed by atoms with E-state index in [1.54, 1.807) is 31.4 Å². The van der Waals surface area contributed by atoms with Gasteiger partial charge in [-0.15, -0.1) is 0 Å². The van der Waals surface area contributed by atoms with Crippen molar-refractivity contribution < 1.29 is 42.5 Å². The largest absolute Gasteiger partial charge is 0.460 e. The fourth-order valence-electron chi connectivity index (χ4n) is 7.92. The lowest BCUT2D eigenvalue weighted by molar-refractivity contribution is -0.142. The van der Waals surface area contributed by atoms with Crippen LogP contribution in [0.15, 0.2) is 28.7 Å². The number of ether oxygens (including phenoxy) is 4. The summed E-state index contributed by atoms with van der Waals surface area (Å²) in [6, 6.07) is 6.38. The number of alkyl carbamates (subject to hydrolysis) is 1. The van der Waals surface area contributed by atoms with Crippen LogP contribution in [0, 0.1) is 23.7 Å². The molecule has 0 bridgehead atoms. The van der Waals surface area contributed by atoms with Crippen LogP contribution in [0.2, 0.25) is 0 Å². The maximum absolute atomic E-state index is 14.2. The number of likely N-dealkylation sites (tertiary alicyclic amines) is 1. The zero-order valence-electron chi connectivity index (χ0n) is 30.8. The fourth-order valence-corrected chi connectivity index (χ4v) is 7.92. The Morgan fingerprint density at radius 1 is 0.902 bits per heavy atom. The third kappa shape index (κ3) is 10.9. The van der Waals surface area contributed by atoms with E-state index >= 15 is 0 Å². The van der Waals surface area contributed by atoms with Crippen molar-refractivity contribution in [1.29, 1.82) is 0 Å². The van der Waals surface area contributed by atoms with Crippen LogP contribution in [0.3, 0.4) is 0 Å². The van der Waals surface area contributed by atoms with E-state index in [2.05, 4.69) is 10.6 Å². The van der Waals surface area contributed by atoms with Gasteiger partial charge in [0, 0.05) is 50.2 Å². The lowest BCUT2D eigenvalue weighted by Crippen LogP contribution is -2.49. The molecule has 2 saturated carbocycles. The number of carbonyl (C=O) groups excluding carboxylic acids is 4. The Morgan fingerprint density at radius 3 is 2.39 bits per heavy atom. The smallest absolute Gasteiger partial charge is 0.407 e. The molecule has 1 aromatic carbocycles. The van der Waals surface area contributed by atoms with Gasteiger partial charge in [-0.1, -0.05) is 32.1 Å². The number of hydrogen-bond donors (Lipinski definition) is 2. The number of amides is 3. The summed E-state index contributed by atoms with van der Waals surface area (Å²) in [6.07, 6.45) is 9.85. The summed E-state index contributed by atoms with van der Waals surface area (Å²) in [5.41, 5.74) is 0.549. The highest BCUT2D eigenvalue weighted by Crippen LogP contribution is 2.41. The molecular formula is C39H57N3O9. The lowest BCUT2D eigenvalue weighted by atomic mass is 9.76. The predicted octanol–water partition coefficient (Wildman–Crippen LogP) is 6.71. The van der Waals surface area contributed by atoms with Crippen LogP contribution in [-0.4, -0.2) is 87.0 Å². The van der Waals surface area contributed by atoms with Gasteiger partial charge in [0.25, 0.3) is 0 Å². The highest BCUT2D eigenvalue weighted by atomic mass is 16.6. The molecule has 282 valence electrons. The number of rotatable bonds is 14. The van der Waals surface area contributed by atoms with Crippen LogP contribution in [0.5, 0.6) is 0 Å². The molecule has 2 N–H and O–H groups in total. The van der Waals surface area contributed by atoms with Gasteiger partial charge in [-0.05, 0) is 94.9 Å². The van der Waals surface area contributed by atoms with Crippen LogP contribution in [-0.2, 0) is 28.5 Å². The van der Waals surface area contributed by atoms with E-state index in [0.29, 0.717) is 67.8 Å². The quantitative estimate of drug-likeness (QED) is 0.161. The third-order valence-corrected chi connectivity index (χ3v) is 10.5. The molecule has 1 aromatic heterocycles. The molecule has 0 spiro atoms. The third-order valence-electron chi connectivity index (χ3n) is 10.5. The summed E-state index contributed by atoms with van der Waals surface area (Å²) in [6.45, 7) is 8.31. The van der Waals surface area contributed by atoms with Crippen LogP contribution in [0.25, 0.3) is 11.0 Å². The van der Waals surface area contributed by atoms with Crippen molar-refractivity contribution in [2.45, 2.75) is 103 Å². The molecule has 51 heavy (non-hydrogen) atoms. The number of hydrogen-bond acceptors (Lipinski definition) is 9. The van der Waals surface area contributed by atoms with Gasteiger partial charge in [0.2, 0.25) is 17.6 Å². The molecule has 3 fully saturated rings. The minimum atomic E-state index is -0.558. The fraction of sp³-hybridized carbons (Fsp3) is 0.692. The number of nitrogens with zero attached hydrogens (tertiary/aromatic N) is 1. The van der Waals surface area contributed by atoms with Crippen LogP contribution < -0.4 is 10.6 Å². The summed E-state index contributed by atoms with van der Waals surface area (Å²) in [4.78, 5) is 54.9. The van der Waals surface area contributed by atoms with Gasteiger partial charge in [-0.3, -0.25) is 9.59 Å². The average Bonchev–Trinajstić information content (AvgIpc) is 3.75. The molecular weight excluding hydrogens is 654 g/mol. The van der Waals surface area contributed by atoms with E-state index in [-0.39, 0.29) is 36.0 Å². The average molecular weight is 712 g/mol. The molecule has 1 aliphatic heterocycles. The number of esters is 1. The zero-order chi connectivity index (χ0) is 36.4. The molecule has 0 radical (unpaired) electrons. The highest BCUT2D eigenvalue weighted by molar-refractivity contribution is 6.00. The van der Waals surface area contributed by atoms with Crippen molar-refractivity contribution in [1.82, 2.24) is 10.2 Å². The van der Waals surface area contributed by atoms with E-state index < -0.39 is 23.7 Å². The van der Waals surface area contributed by atoms with Crippen LogP contribution in [0.4, 0.5) is 10.5 Å². The van der Waals surface area contributed by atoms with Crippen LogP contribution in [0.1, 0.15) is 102 Å². The van der Waals surface area contributed by atoms with Crippen molar-refractivity contribution >= 4 is 40.5 Å². The van der Waals surface area contributed by atoms with Gasteiger partial charge in [0.15, 0.2) is 0 Å². The number of anilines is 1. The van der Waals surface area contributed by atoms with Gasteiger partial charge >= 0.3 is 12.1 Å². The number of methoxy groups -OCH3 is 1. The molecule has 2 atom stereocenters. The molecule has 2 heterocycles. The molecule has 2 aliphatic carbocycles. The zero-order valence-corrected chi connectivity index (χ0v) is 30.8. The Morgan fingerprint density at radius 2 is 1.67 bits per heavy atom. The van der Waals surface area contributed by atoms with Crippen molar-refractivity contribution in [2.24, 2.45) is 23.7 Å². The van der Waals surface area contributed by atoms with E-state index in [9.17, 15) is 19.2 Å². The van der Waals surface area contributed by atoms with Gasteiger partial charge in [-0.25, -0.2) is 9.59 Å². The van der Waals surface area contributed by atoms with E-state index in [0.717, 1.165) is 57.8 Å². The molecule has 12 nitrogen and oxygen atoms in total. The molecule has 3 amide bonds. The summed E-state index contributed by atoms with van der Waals surface area (Å²) >= 11 is 0. The number of benzene rings is 1. The number of fused-ring (bicyclic) bond motifs is 1. The van der Waals surface area contributed by atoms with Crippen molar-refractivity contribution in [2.75, 3.05) is 51.9 Å². The maximum atomic E-state index is 14.2. The second kappa shape index (κ2) is 18.2. The summed E-state index contributed by atoms with van der Waals surface area (Å²) < 4.78 is 26.8. The van der Waals surface area contributed by atoms with E-state index in [1.165, 1.54) is 6.42 Å².